The van der Waals surface area contributed by atoms with E-state index in [1.165, 1.54) is 5.56 Å². The third-order valence-corrected chi connectivity index (χ3v) is 5.47. The molecule has 0 spiro atoms. The van der Waals surface area contributed by atoms with Gasteiger partial charge >= 0.3 is 0 Å². The lowest BCUT2D eigenvalue weighted by molar-refractivity contribution is 0.259. The van der Waals surface area contributed by atoms with Crippen molar-refractivity contribution in [2.24, 2.45) is 7.05 Å². The van der Waals surface area contributed by atoms with Crippen molar-refractivity contribution >= 4 is 16.9 Å². The summed E-state index contributed by atoms with van der Waals surface area (Å²) in [4.78, 5) is 9.82. The molecule has 0 unspecified atom stereocenters. The summed E-state index contributed by atoms with van der Waals surface area (Å²) < 4.78 is 2.07. The summed E-state index contributed by atoms with van der Waals surface area (Å²) in [6.07, 6.45) is 4.14. The Labute approximate surface area is 167 Å². The smallest absolute Gasteiger partial charge is 0.140 e. The Balaban J connectivity index is 2.17. The molecule has 0 aliphatic rings. The third kappa shape index (κ3) is 3.63. The second-order valence-electron chi connectivity index (χ2n) is 7.93. The molecule has 2 N–H and O–H groups in total. The van der Waals surface area contributed by atoms with Gasteiger partial charge in [-0.05, 0) is 48.6 Å². The van der Waals surface area contributed by atoms with Gasteiger partial charge in [-0.2, -0.15) is 0 Å². The number of aliphatic hydroxyl groups excluding tert-OH is 1. The van der Waals surface area contributed by atoms with E-state index in [-0.39, 0.29) is 12.5 Å². The normalized spacial score (nSPS) is 12.7. The van der Waals surface area contributed by atoms with Gasteiger partial charge in [0.2, 0.25) is 0 Å². The summed E-state index contributed by atoms with van der Waals surface area (Å²) in [7, 11) is 3.93. The lowest BCUT2D eigenvalue weighted by atomic mass is 9.94. The predicted molar refractivity (Wildman–Crippen MR) is 117 cm³/mol. The van der Waals surface area contributed by atoms with Gasteiger partial charge in [0.1, 0.15) is 11.5 Å². The van der Waals surface area contributed by atoms with Gasteiger partial charge in [-0.1, -0.05) is 27.2 Å². The number of rotatable bonds is 7. The molecule has 0 bridgehead atoms. The van der Waals surface area contributed by atoms with Gasteiger partial charge < -0.3 is 15.0 Å². The molecule has 3 rings (SSSR count). The lowest BCUT2D eigenvalue weighted by Crippen LogP contribution is -2.04. The standard InChI is InChI=1S/C23H32N4O/c1-7-8-16(13-28)19-12-27(6)23-18(19)11-15(4)21(26-23)17-9-10-20(14(2)3)25-22(17)24-5/h9-12,14,16,28H,7-8,13H2,1-6H3,(H,24,25)/t16-/m0/s1. The van der Waals surface area contributed by atoms with E-state index < -0.39 is 0 Å². The van der Waals surface area contributed by atoms with Crippen molar-refractivity contribution < 1.29 is 5.11 Å². The molecule has 1 atom stereocenters. The number of hydrogen-bond donors (Lipinski definition) is 2. The molecule has 0 radical (unpaired) electrons. The SMILES string of the molecule is CCC[C@@H](CO)c1cn(C)c2nc(-c3ccc(C(C)C)nc3NC)c(C)cc12. The Morgan fingerprint density at radius 1 is 1.21 bits per heavy atom. The molecule has 0 saturated carbocycles. The highest BCUT2D eigenvalue weighted by Gasteiger charge is 2.20. The summed E-state index contributed by atoms with van der Waals surface area (Å²) in [5.41, 5.74) is 6.28. The first kappa shape index (κ1) is 20.3. The number of aromatic nitrogens is 3. The highest BCUT2D eigenvalue weighted by molar-refractivity contribution is 5.87. The van der Waals surface area contributed by atoms with E-state index in [2.05, 4.69) is 62.0 Å². The number of pyridine rings is 2. The fourth-order valence-electron chi connectivity index (χ4n) is 3.89. The van der Waals surface area contributed by atoms with Crippen LogP contribution in [0.15, 0.2) is 24.4 Å². The topological polar surface area (TPSA) is 63.0 Å². The molecule has 0 amide bonds. The van der Waals surface area contributed by atoms with Gasteiger partial charge in [0.05, 0.1) is 12.3 Å². The number of anilines is 1. The van der Waals surface area contributed by atoms with Gasteiger partial charge in [0, 0.05) is 42.9 Å². The van der Waals surface area contributed by atoms with Crippen LogP contribution in [0.3, 0.4) is 0 Å². The van der Waals surface area contributed by atoms with Crippen molar-refractivity contribution in [3.8, 4) is 11.3 Å². The van der Waals surface area contributed by atoms with Crippen LogP contribution in [0.1, 0.15) is 62.3 Å². The van der Waals surface area contributed by atoms with E-state index in [1.807, 2.05) is 14.1 Å². The molecule has 3 aromatic rings. The lowest BCUT2D eigenvalue weighted by Gasteiger charge is -2.15. The second kappa shape index (κ2) is 8.31. The maximum Gasteiger partial charge on any atom is 0.140 e. The highest BCUT2D eigenvalue weighted by Crippen LogP contribution is 2.35. The molecule has 0 saturated heterocycles. The van der Waals surface area contributed by atoms with Gasteiger partial charge in [-0.3, -0.25) is 0 Å². The van der Waals surface area contributed by atoms with Crippen LogP contribution >= 0.6 is 0 Å². The summed E-state index contributed by atoms with van der Waals surface area (Å²) in [5, 5.41) is 14.2. The minimum Gasteiger partial charge on any atom is -0.396 e. The zero-order valence-corrected chi connectivity index (χ0v) is 17.9. The van der Waals surface area contributed by atoms with Crippen LogP contribution in [-0.2, 0) is 7.05 Å². The van der Waals surface area contributed by atoms with Crippen LogP contribution in [0.2, 0.25) is 0 Å². The largest absolute Gasteiger partial charge is 0.396 e. The molecule has 3 aromatic heterocycles. The van der Waals surface area contributed by atoms with E-state index >= 15 is 0 Å². The van der Waals surface area contributed by atoms with E-state index in [1.54, 1.807) is 0 Å². The predicted octanol–water partition coefficient (Wildman–Crippen LogP) is 4.98. The number of fused-ring (bicyclic) bond motifs is 1. The van der Waals surface area contributed by atoms with E-state index in [4.69, 9.17) is 9.97 Å². The number of hydrogen-bond acceptors (Lipinski definition) is 4. The molecular formula is C23H32N4O. The zero-order chi connectivity index (χ0) is 20.4. The average Bonchev–Trinajstić information content (AvgIpc) is 3.00. The van der Waals surface area contributed by atoms with Crippen molar-refractivity contribution in [1.29, 1.82) is 0 Å². The first-order valence-electron chi connectivity index (χ1n) is 10.2. The highest BCUT2D eigenvalue weighted by atomic mass is 16.3. The van der Waals surface area contributed by atoms with Gasteiger partial charge in [0.15, 0.2) is 0 Å². The third-order valence-electron chi connectivity index (χ3n) is 5.47. The first-order valence-corrected chi connectivity index (χ1v) is 10.2. The number of nitrogens with one attached hydrogen (secondary N) is 1. The molecular weight excluding hydrogens is 348 g/mol. The van der Waals surface area contributed by atoms with Gasteiger partial charge in [-0.25, -0.2) is 9.97 Å². The number of aryl methyl sites for hydroxylation is 2. The molecule has 5 nitrogen and oxygen atoms in total. The van der Waals surface area contributed by atoms with E-state index in [0.29, 0.717) is 5.92 Å². The Morgan fingerprint density at radius 2 is 1.96 bits per heavy atom. The maximum absolute atomic E-state index is 9.87. The van der Waals surface area contributed by atoms with Crippen LogP contribution in [0.4, 0.5) is 5.82 Å². The molecule has 0 fully saturated rings. The molecule has 5 heteroatoms. The fraction of sp³-hybridized carbons (Fsp3) is 0.478. The number of nitrogens with zero attached hydrogens (tertiary/aromatic N) is 3. The van der Waals surface area contributed by atoms with Crippen LogP contribution in [0.25, 0.3) is 22.3 Å². The molecule has 0 aliphatic carbocycles. The van der Waals surface area contributed by atoms with E-state index in [0.717, 1.165) is 52.2 Å². The summed E-state index contributed by atoms with van der Waals surface area (Å²) >= 11 is 0. The van der Waals surface area contributed by atoms with Crippen LogP contribution in [0.5, 0.6) is 0 Å². The van der Waals surface area contributed by atoms with Crippen LogP contribution in [-0.4, -0.2) is 33.3 Å². The van der Waals surface area contributed by atoms with Gasteiger partial charge in [0.25, 0.3) is 0 Å². The Bertz CT molecular complexity index is 974. The average molecular weight is 381 g/mol. The quantitative estimate of drug-likeness (QED) is 0.606. The Hall–Kier alpha value is -2.40. The second-order valence-corrected chi connectivity index (χ2v) is 7.93. The molecule has 0 aliphatic heterocycles. The minimum atomic E-state index is 0.153. The van der Waals surface area contributed by atoms with Crippen molar-refractivity contribution in [1.82, 2.24) is 14.5 Å². The minimum absolute atomic E-state index is 0.153. The van der Waals surface area contributed by atoms with Crippen molar-refractivity contribution in [2.45, 2.75) is 52.4 Å². The van der Waals surface area contributed by atoms with Crippen LogP contribution < -0.4 is 5.32 Å². The first-order chi connectivity index (χ1) is 13.4. The van der Waals surface area contributed by atoms with E-state index in [9.17, 15) is 5.11 Å². The Kier molecular flexibility index (Phi) is 6.04. The van der Waals surface area contributed by atoms with Crippen molar-refractivity contribution in [3.63, 3.8) is 0 Å². The zero-order valence-electron chi connectivity index (χ0n) is 17.9. The van der Waals surface area contributed by atoms with Gasteiger partial charge in [-0.15, -0.1) is 0 Å². The molecule has 3 heterocycles. The fourth-order valence-corrected chi connectivity index (χ4v) is 3.89. The maximum atomic E-state index is 9.87. The summed E-state index contributed by atoms with van der Waals surface area (Å²) in [6.45, 7) is 8.72. The molecule has 0 aromatic carbocycles. The van der Waals surface area contributed by atoms with Crippen LogP contribution in [0, 0.1) is 6.92 Å². The monoisotopic (exact) mass is 380 g/mol. The summed E-state index contributed by atoms with van der Waals surface area (Å²) in [6, 6.07) is 6.42. The molecule has 150 valence electrons. The summed E-state index contributed by atoms with van der Waals surface area (Å²) in [5.74, 6) is 1.39. The van der Waals surface area contributed by atoms with Crippen molar-refractivity contribution in [3.05, 3.63) is 41.2 Å². The van der Waals surface area contributed by atoms with Crippen molar-refractivity contribution in [2.75, 3.05) is 19.0 Å². The molecule has 28 heavy (non-hydrogen) atoms. The Morgan fingerprint density at radius 3 is 2.57 bits per heavy atom. The number of aliphatic hydroxyl groups is 1.